The second kappa shape index (κ2) is 6.79. The van der Waals surface area contributed by atoms with Gasteiger partial charge in [0, 0.05) is 18.2 Å². The number of benzene rings is 2. The molecule has 2 heterocycles. The molecule has 0 amide bonds. The molecule has 2 aromatic heterocycles. The number of nitrogens with one attached hydrogen (secondary N) is 1. The third kappa shape index (κ3) is 3.36. The van der Waals surface area contributed by atoms with Crippen molar-refractivity contribution in [3.05, 3.63) is 58.1 Å². The van der Waals surface area contributed by atoms with Gasteiger partial charge in [0.1, 0.15) is 0 Å². The number of thiazole rings is 1. The largest absolute Gasteiger partial charge is 0.538 e. The van der Waals surface area contributed by atoms with Crippen molar-refractivity contribution in [2.45, 2.75) is 11.9 Å². The van der Waals surface area contributed by atoms with Crippen molar-refractivity contribution in [1.82, 2.24) is 10.3 Å². The van der Waals surface area contributed by atoms with E-state index in [1.165, 1.54) is 12.1 Å². The highest BCUT2D eigenvalue weighted by molar-refractivity contribution is 7.92. The first-order valence-corrected chi connectivity index (χ1v) is 10.3. The third-order valence-electron chi connectivity index (χ3n) is 3.92. The number of hydrogen-bond acceptors (Lipinski definition) is 9. The molecule has 0 aliphatic heterocycles. The van der Waals surface area contributed by atoms with Crippen LogP contribution in [0, 0.1) is 17.0 Å². The molecular weight excluding hydrogens is 422 g/mol. The first-order valence-electron chi connectivity index (χ1n) is 7.99. The number of aromatic nitrogens is 3. The molecule has 0 aliphatic rings. The van der Waals surface area contributed by atoms with Gasteiger partial charge in [-0.1, -0.05) is 35.1 Å². The van der Waals surface area contributed by atoms with E-state index < -0.39 is 25.9 Å². The number of para-hydroxylation sites is 1. The molecule has 2 aromatic carbocycles. The van der Waals surface area contributed by atoms with Gasteiger partial charge in [-0.05, 0) is 17.7 Å². The van der Waals surface area contributed by atoms with Crippen LogP contribution < -0.4 is 14.5 Å². The average molecular weight is 433 g/mol. The maximum absolute atomic E-state index is 12.8. The lowest BCUT2D eigenvalue weighted by Crippen LogP contribution is -2.40. The minimum Gasteiger partial charge on any atom is -0.538 e. The molecule has 4 rings (SSSR count). The Morgan fingerprint density at radius 1 is 1.21 bits per heavy atom. The molecule has 0 unspecified atom stereocenters. The molecule has 0 spiro atoms. The lowest BCUT2D eigenvalue weighted by molar-refractivity contribution is -0.706. The molecule has 0 radical (unpaired) electrons. The van der Waals surface area contributed by atoms with Crippen LogP contribution in [0.2, 0.25) is 0 Å². The summed E-state index contributed by atoms with van der Waals surface area (Å²) >= 11 is 0.894. The maximum Gasteiger partial charge on any atom is 0.373 e. The molecule has 0 fully saturated rings. The van der Waals surface area contributed by atoms with Gasteiger partial charge in [0.15, 0.2) is 16.6 Å². The van der Waals surface area contributed by atoms with Crippen molar-refractivity contribution in [3.63, 3.8) is 0 Å². The molecule has 11 nitrogen and oxygen atoms in total. The van der Waals surface area contributed by atoms with Crippen LogP contribution in [0.15, 0.2) is 52.0 Å². The number of hydrogen-bond donors (Lipinski definition) is 1. The number of non-ortho nitro benzene ring substituents is 1. The summed E-state index contributed by atoms with van der Waals surface area (Å²) < 4.78 is 33.7. The van der Waals surface area contributed by atoms with Crippen LogP contribution in [0.5, 0.6) is 5.95 Å². The van der Waals surface area contributed by atoms with E-state index in [0.29, 0.717) is 10.4 Å². The van der Waals surface area contributed by atoms with E-state index in [-0.39, 0.29) is 16.3 Å². The maximum atomic E-state index is 12.8. The predicted molar refractivity (Wildman–Crippen MR) is 99.3 cm³/mol. The van der Waals surface area contributed by atoms with Gasteiger partial charge >= 0.3 is 15.0 Å². The average Bonchev–Trinajstić information content (AvgIpc) is 3.24. The molecular formula is C16H11N5O6S2. The fourth-order valence-electron chi connectivity index (χ4n) is 2.60. The Bertz CT molecular complexity index is 1340. The van der Waals surface area contributed by atoms with E-state index in [2.05, 4.69) is 19.5 Å². The van der Waals surface area contributed by atoms with Gasteiger partial charge in [0.25, 0.3) is 5.69 Å². The first-order chi connectivity index (χ1) is 13.8. The van der Waals surface area contributed by atoms with Crippen LogP contribution >= 0.6 is 11.3 Å². The summed E-state index contributed by atoms with van der Waals surface area (Å²) in [5.41, 5.74) is 1.02. The quantitative estimate of drug-likeness (QED) is 0.283. The van der Waals surface area contributed by atoms with Gasteiger partial charge in [-0.3, -0.25) is 10.1 Å². The molecule has 1 N–H and O–H groups in total. The molecule has 29 heavy (non-hydrogen) atoms. The number of rotatable bonds is 5. The summed E-state index contributed by atoms with van der Waals surface area (Å²) in [6.07, 6.45) is 0. The minimum absolute atomic E-state index is 0.0410. The monoisotopic (exact) mass is 433 g/mol. The lowest BCUT2D eigenvalue weighted by Gasteiger charge is -2.02. The van der Waals surface area contributed by atoms with E-state index in [1.54, 1.807) is 30.3 Å². The molecule has 0 aliphatic carbocycles. The summed E-state index contributed by atoms with van der Waals surface area (Å²) in [5.74, 6) is -1.16. The zero-order valence-electron chi connectivity index (χ0n) is 14.6. The number of nitro benzene ring substituents is 1. The molecule has 0 saturated heterocycles. The van der Waals surface area contributed by atoms with Crippen molar-refractivity contribution in [3.8, 4) is 11.6 Å². The zero-order chi connectivity index (χ0) is 20.8. The number of sulfonamides is 1. The van der Waals surface area contributed by atoms with Gasteiger partial charge in [0.05, 0.1) is 14.9 Å². The summed E-state index contributed by atoms with van der Waals surface area (Å²) in [7, 11) is -4.45. The van der Waals surface area contributed by atoms with Crippen molar-refractivity contribution < 1.29 is 27.7 Å². The molecule has 148 valence electrons. The van der Waals surface area contributed by atoms with Crippen LogP contribution in [-0.2, 0) is 10.0 Å². The number of nitro groups is 1. The summed E-state index contributed by atoms with van der Waals surface area (Å²) in [4.78, 5) is 14.5. The van der Waals surface area contributed by atoms with Gasteiger partial charge in [-0.25, -0.2) is 9.71 Å². The molecule has 0 saturated carbocycles. The third-order valence-corrected chi connectivity index (χ3v) is 6.30. The van der Waals surface area contributed by atoms with Crippen LogP contribution in [-0.4, -0.2) is 23.6 Å². The van der Waals surface area contributed by atoms with Gasteiger partial charge in [0.2, 0.25) is 5.69 Å². The van der Waals surface area contributed by atoms with Crippen molar-refractivity contribution in [2.75, 3.05) is 4.72 Å². The van der Waals surface area contributed by atoms with Crippen LogP contribution in [0.4, 0.5) is 10.8 Å². The highest BCUT2D eigenvalue weighted by Crippen LogP contribution is 2.33. The smallest absolute Gasteiger partial charge is 0.373 e. The van der Waals surface area contributed by atoms with E-state index in [4.69, 9.17) is 0 Å². The number of aryl methyl sites for hydroxylation is 1. The number of anilines is 1. The van der Waals surface area contributed by atoms with Crippen molar-refractivity contribution >= 4 is 42.4 Å². The molecule has 4 aromatic rings. The van der Waals surface area contributed by atoms with Crippen molar-refractivity contribution in [2.24, 2.45) is 0 Å². The summed E-state index contributed by atoms with van der Waals surface area (Å²) in [5, 5.41) is 25.8. The topological polar surface area (TPSA) is 155 Å². The van der Waals surface area contributed by atoms with Gasteiger partial charge in [-0.2, -0.15) is 8.42 Å². The van der Waals surface area contributed by atoms with E-state index in [9.17, 15) is 23.6 Å². The Balaban J connectivity index is 1.76. The fourth-order valence-corrected chi connectivity index (χ4v) is 4.83. The minimum atomic E-state index is -4.45. The van der Waals surface area contributed by atoms with E-state index >= 15 is 0 Å². The molecule has 0 atom stereocenters. The number of fused-ring (bicyclic) bond motifs is 1. The normalized spacial score (nSPS) is 11.6. The van der Waals surface area contributed by atoms with E-state index in [1.807, 2.05) is 6.92 Å². The zero-order valence-corrected chi connectivity index (χ0v) is 16.2. The Morgan fingerprint density at radius 2 is 1.93 bits per heavy atom. The standard InChI is InChI=1S/C16H11N5O6S2/c1-9-5-7-10(8-6-9)20-14(15(22)27-19-20)29(25,26)18-16-17-13-11(21(23)24)3-2-4-12(13)28-16/h2-8H,1H3,(H-,17,18,19,22). The van der Waals surface area contributed by atoms with E-state index in [0.717, 1.165) is 21.6 Å². The molecule has 0 bridgehead atoms. The second-order valence-corrected chi connectivity index (χ2v) is 8.55. The first kappa shape index (κ1) is 18.8. The SMILES string of the molecule is Cc1ccc(-[n+]2noc([O-])c2S(=O)(=O)Nc2nc3c([N+](=O)[O-])cccc3s2)cc1. The number of nitrogens with zero attached hydrogens (tertiary/aromatic N) is 4. The van der Waals surface area contributed by atoms with Crippen molar-refractivity contribution in [1.29, 1.82) is 0 Å². The van der Waals surface area contributed by atoms with Crippen LogP contribution in [0.3, 0.4) is 0 Å². The highest BCUT2D eigenvalue weighted by atomic mass is 32.2. The van der Waals surface area contributed by atoms with Crippen LogP contribution in [0.25, 0.3) is 15.9 Å². The second-order valence-electron chi connectivity index (χ2n) is 5.92. The van der Waals surface area contributed by atoms with Crippen LogP contribution in [0.1, 0.15) is 5.56 Å². The predicted octanol–water partition coefficient (Wildman–Crippen LogP) is 1.65. The summed E-state index contributed by atoms with van der Waals surface area (Å²) in [6.45, 7) is 1.85. The highest BCUT2D eigenvalue weighted by Gasteiger charge is 2.34. The lowest BCUT2D eigenvalue weighted by atomic mass is 10.2. The Kier molecular flexibility index (Phi) is 4.39. The molecule has 13 heteroatoms. The van der Waals surface area contributed by atoms with Gasteiger partial charge < -0.3 is 9.63 Å². The Labute approximate surface area is 167 Å². The Hall–Kier alpha value is -3.58. The fraction of sp³-hybridized carbons (Fsp3) is 0.0625. The summed E-state index contributed by atoms with van der Waals surface area (Å²) in [6, 6.07) is 10.9. The van der Waals surface area contributed by atoms with Gasteiger partial charge in [-0.15, -0.1) is 0 Å². The Morgan fingerprint density at radius 3 is 2.62 bits per heavy atom.